The lowest BCUT2D eigenvalue weighted by atomic mass is 10.7. The van der Waals surface area contributed by atoms with Crippen molar-refractivity contribution in [2.75, 3.05) is 19.8 Å². The zero-order valence-corrected chi connectivity index (χ0v) is 6.61. The Labute approximate surface area is 64.8 Å². The summed E-state index contributed by atoms with van der Waals surface area (Å²) in [5.74, 6) is 0. The molecule has 0 amide bonds. The van der Waals surface area contributed by atoms with E-state index in [1.54, 1.807) is 0 Å². The SMILES string of the molecule is OCCOCC(O)(S)S. The molecular formula is C4H10O3S2. The molecule has 0 fully saturated rings. The quantitative estimate of drug-likeness (QED) is 0.261. The van der Waals surface area contributed by atoms with Crippen LogP contribution in [0.1, 0.15) is 0 Å². The highest BCUT2D eigenvalue weighted by Crippen LogP contribution is 2.14. The highest BCUT2D eigenvalue weighted by Gasteiger charge is 2.13. The first-order valence-corrected chi connectivity index (χ1v) is 3.31. The monoisotopic (exact) mass is 170 g/mol. The first-order valence-electron chi connectivity index (χ1n) is 2.42. The van der Waals surface area contributed by atoms with E-state index in [1.807, 2.05) is 0 Å². The number of hydrogen-bond acceptors (Lipinski definition) is 5. The van der Waals surface area contributed by atoms with Crippen LogP contribution in [0.4, 0.5) is 0 Å². The van der Waals surface area contributed by atoms with Crippen LogP contribution in [-0.2, 0) is 4.74 Å². The fraction of sp³-hybridized carbons (Fsp3) is 1.00. The van der Waals surface area contributed by atoms with E-state index >= 15 is 0 Å². The van der Waals surface area contributed by atoms with E-state index in [2.05, 4.69) is 25.3 Å². The van der Waals surface area contributed by atoms with Crippen LogP contribution >= 0.6 is 25.3 Å². The van der Waals surface area contributed by atoms with Gasteiger partial charge in [0.2, 0.25) is 0 Å². The molecule has 0 radical (unpaired) electrons. The van der Waals surface area contributed by atoms with E-state index in [0.717, 1.165) is 0 Å². The van der Waals surface area contributed by atoms with E-state index in [9.17, 15) is 0 Å². The van der Waals surface area contributed by atoms with Gasteiger partial charge in [0.1, 0.15) is 0 Å². The Kier molecular flexibility index (Phi) is 4.69. The van der Waals surface area contributed by atoms with Gasteiger partial charge >= 0.3 is 0 Å². The van der Waals surface area contributed by atoms with E-state index < -0.39 is 4.27 Å². The normalized spacial score (nSPS) is 12.0. The van der Waals surface area contributed by atoms with E-state index in [4.69, 9.17) is 14.9 Å². The fourth-order valence-electron chi connectivity index (χ4n) is 0.274. The number of rotatable bonds is 4. The Morgan fingerprint density at radius 2 is 2.00 bits per heavy atom. The van der Waals surface area contributed by atoms with Crippen LogP contribution in [0.3, 0.4) is 0 Å². The maximum absolute atomic E-state index is 8.77. The van der Waals surface area contributed by atoms with Gasteiger partial charge in [-0.15, -0.1) is 25.3 Å². The second-order valence-electron chi connectivity index (χ2n) is 1.55. The lowest BCUT2D eigenvalue weighted by Crippen LogP contribution is -2.21. The van der Waals surface area contributed by atoms with Crippen LogP contribution in [0.25, 0.3) is 0 Å². The molecule has 0 aromatic rings. The molecule has 0 rings (SSSR count). The molecule has 0 atom stereocenters. The lowest BCUT2D eigenvalue weighted by molar-refractivity contribution is 0.0435. The first kappa shape index (κ1) is 9.58. The van der Waals surface area contributed by atoms with Gasteiger partial charge in [-0.1, -0.05) is 0 Å². The summed E-state index contributed by atoms with van der Waals surface area (Å²) in [6, 6.07) is 0. The maximum Gasteiger partial charge on any atom is 0.175 e. The fourth-order valence-corrected chi connectivity index (χ4v) is 0.456. The minimum absolute atomic E-state index is 0.000216. The third-order valence-electron chi connectivity index (χ3n) is 0.531. The van der Waals surface area contributed by atoms with E-state index in [0.29, 0.717) is 0 Å². The van der Waals surface area contributed by atoms with Gasteiger partial charge < -0.3 is 14.9 Å². The molecule has 3 nitrogen and oxygen atoms in total. The third-order valence-corrected chi connectivity index (χ3v) is 0.790. The highest BCUT2D eigenvalue weighted by atomic mass is 32.2. The first-order chi connectivity index (χ1) is 4.06. The van der Waals surface area contributed by atoms with Crippen LogP contribution in [-0.4, -0.2) is 34.3 Å². The van der Waals surface area contributed by atoms with Gasteiger partial charge in [-0.05, 0) is 0 Å². The van der Waals surface area contributed by atoms with Crippen LogP contribution < -0.4 is 0 Å². The summed E-state index contributed by atoms with van der Waals surface area (Å²) in [4.78, 5) is 0. The summed E-state index contributed by atoms with van der Waals surface area (Å²) in [7, 11) is 0. The van der Waals surface area contributed by atoms with Crippen molar-refractivity contribution in [2.45, 2.75) is 4.27 Å². The van der Waals surface area contributed by atoms with Crippen molar-refractivity contribution in [3.05, 3.63) is 0 Å². The third kappa shape index (κ3) is 8.58. The minimum atomic E-state index is -1.39. The predicted octanol–water partition coefficient (Wildman–Crippen LogP) is -0.499. The van der Waals surface area contributed by atoms with Gasteiger partial charge in [0.15, 0.2) is 4.27 Å². The Balaban J connectivity index is 3.07. The van der Waals surface area contributed by atoms with Gasteiger partial charge in [0.25, 0.3) is 0 Å². The summed E-state index contributed by atoms with van der Waals surface area (Å²) >= 11 is 7.28. The van der Waals surface area contributed by atoms with Crippen LogP contribution in [0.2, 0.25) is 0 Å². The molecule has 9 heavy (non-hydrogen) atoms. The maximum atomic E-state index is 8.77. The standard InChI is InChI=1S/C4H10O3S2/c5-1-2-7-3-4(6,8)9/h5-6,8-9H,1-3H2. The number of aliphatic hydroxyl groups is 2. The molecular weight excluding hydrogens is 160 g/mol. The summed E-state index contributed by atoms with van der Waals surface area (Å²) in [5, 5.41) is 17.0. The lowest BCUT2D eigenvalue weighted by Gasteiger charge is -2.13. The van der Waals surface area contributed by atoms with Gasteiger partial charge in [0, 0.05) is 0 Å². The molecule has 0 unspecified atom stereocenters. The molecule has 0 saturated heterocycles. The molecule has 0 aliphatic carbocycles. The van der Waals surface area contributed by atoms with Crippen LogP contribution in [0.5, 0.6) is 0 Å². The summed E-state index contributed by atoms with van der Waals surface area (Å²) in [5.41, 5.74) is 0. The predicted molar refractivity (Wildman–Crippen MR) is 40.8 cm³/mol. The molecule has 0 heterocycles. The average Bonchev–Trinajstić information content (AvgIpc) is 1.63. The van der Waals surface area contributed by atoms with Gasteiger partial charge in [-0.25, -0.2) is 0 Å². The van der Waals surface area contributed by atoms with Crippen molar-refractivity contribution in [2.24, 2.45) is 0 Å². The average molecular weight is 170 g/mol. The summed E-state index contributed by atoms with van der Waals surface area (Å²) in [6.45, 7) is 0.140. The summed E-state index contributed by atoms with van der Waals surface area (Å²) < 4.78 is 3.30. The molecule has 0 aromatic carbocycles. The number of hydrogen-bond donors (Lipinski definition) is 4. The molecule has 0 aromatic heterocycles. The Bertz CT molecular complexity index is 70.7. The smallest absolute Gasteiger partial charge is 0.175 e. The van der Waals surface area contributed by atoms with Crippen LogP contribution in [0, 0.1) is 0 Å². The van der Waals surface area contributed by atoms with Crippen LogP contribution in [0.15, 0.2) is 0 Å². The van der Waals surface area contributed by atoms with Crippen molar-refractivity contribution >= 4 is 25.3 Å². The molecule has 2 N–H and O–H groups in total. The molecule has 0 spiro atoms. The number of thiol groups is 2. The topological polar surface area (TPSA) is 49.7 Å². The second kappa shape index (κ2) is 4.40. The zero-order valence-electron chi connectivity index (χ0n) is 4.82. The summed E-state index contributed by atoms with van der Waals surface area (Å²) in [6.07, 6.45) is 0. The molecule has 0 bridgehead atoms. The van der Waals surface area contributed by atoms with Gasteiger partial charge in [-0.2, -0.15) is 0 Å². The highest BCUT2D eigenvalue weighted by molar-refractivity contribution is 8.00. The second-order valence-corrected chi connectivity index (χ2v) is 3.38. The Hall–Kier alpha value is 0.580. The van der Waals surface area contributed by atoms with Gasteiger partial charge in [0.05, 0.1) is 19.8 Å². The van der Waals surface area contributed by atoms with Gasteiger partial charge in [-0.3, -0.25) is 0 Å². The molecule has 56 valence electrons. The number of ether oxygens (including phenoxy) is 1. The largest absolute Gasteiger partial charge is 0.394 e. The zero-order chi connectivity index (χ0) is 7.33. The molecule has 0 aliphatic heterocycles. The molecule has 0 saturated carbocycles. The van der Waals surface area contributed by atoms with E-state index in [-0.39, 0.29) is 19.8 Å². The minimum Gasteiger partial charge on any atom is -0.394 e. The van der Waals surface area contributed by atoms with Crippen molar-refractivity contribution in [3.63, 3.8) is 0 Å². The number of aliphatic hydroxyl groups excluding tert-OH is 1. The molecule has 5 heteroatoms. The van der Waals surface area contributed by atoms with E-state index in [1.165, 1.54) is 0 Å². The van der Waals surface area contributed by atoms with Crippen molar-refractivity contribution < 1.29 is 14.9 Å². The Morgan fingerprint density at radius 1 is 1.44 bits per heavy atom. The van der Waals surface area contributed by atoms with Crippen molar-refractivity contribution in [1.29, 1.82) is 0 Å². The Morgan fingerprint density at radius 3 is 2.33 bits per heavy atom. The molecule has 0 aliphatic rings. The van der Waals surface area contributed by atoms with Crippen molar-refractivity contribution in [1.82, 2.24) is 0 Å². The van der Waals surface area contributed by atoms with Crippen molar-refractivity contribution in [3.8, 4) is 0 Å².